The van der Waals surface area contributed by atoms with E-state index in [4.69, 9.17) is 10.3 Å². The number of carbonyl (C=O) groups is 1. The topological polar surface area (TPSA) is 62.7 Å². The zero-order chi connectivity index (χ0) is 14.3. The minimum atomic E-state index is -0.142. The number of Topliss-reactive ketones (excluding diaryl/α,β-unsaturated/α-hetero) is 1. The Bertz CT molecular complexity index is 489. The lowest BCUT2D eigenvalue weighted by atomic mass is 9.99. The summed E-state index contributed by atoms with van der Waals surface area (Å²) in [4.78, 5) is 15.2. The monoisotopic (exact) mass is 260 g/mol. The van der Waals surface area contributed by atoms with Crippen molar-refractivity contribution in [2.75, 3.05) is 7.11 Å². The fourth-order valence-electron chi connectivity index (χ4n) is 1.83. The molecule has 4 nitrogen and oxygen atoms in total. The molecule has 0 saturated heterocycles. The van der Waals surface area contributed by atoms with Crippen molar-refractivity contribution in [1.29, 1.82) is 0 Å². The van der Waals surface area contributed by atoms with Crippen LogP contribution in [0.25, 0.3) is 5.53 Å². The van der Waals surface area contributed by atoms with Gasteiger partial charge in [-0.15, -0.1) is 0 Å². The van der Waals surface area contributed by atoms with Gasteiger partial charge in [0.25, 0.3) is 0 Å². The first-order valence-electron chi connectivity index (χ1n) is 6.48. The second-order valence-corrected chi connectivity index (χ2v) is 4.89. The maximum atomic E-state index is 12.0. The lowest BCUT2D eigenvalue weighted by molar-refractivity contribution is -0.117. The van der Waals surface area contributed by atoms with E-state index >= 15 is 0 Å². The fourth-order valence-corrected chi connectivity index (χ4v) is 1.83. The van der Waals surface area contributed by atoms with Gasteiger partial charge in [-0.3, -0.25) is 4.79 Å². The smallest absolute Gasteiger partial charge is 0.365 e. The van der Waals surface area contributed by atoms with E-state index in [0.717, 1.165) is 12.8 Å². The fraction of sp³-hybridized carbons (Fsp3) is 0.467. The molecule has 0 aliphatic rings. The summed E-state index contributed by atoms with van der Waals surface area (Å²) < 4.78 is 5.09. The van der Waals surface area contributed by atoms with Crippen LogP contribution in [0, 0.1) is 5.92 Å². The highest BCUT2D eigenvalue weighted by atomic mass is 16.5. The lowest BCUT2D eigenvalue weighted by Gasteiger charge is -2.03. The Labute approximate surface area is 114 Å². The van der Waals surface area contributed by atoms with E-state index in [1.807, 2.05) is 0 Å². The van der Waals surface area contributed by atoms with Gasteiger partial charge in [0.2, 0.25) is 5.78 Å². The molecule has 0 unspecified atom stereocenters. The van der Waals surface area contributed by atoms with Crippen molar-refractivity contribution in [1.82, 2.24) is 0 Å². The summed E-state index contributed by atoms with van der Waals surface area (Å²) in [5.74, 6) is 1.06. The van der Waals surface area contributed by atoms with Crippen molar-refractivity contribution in [3.8, 4) is 5.75 Å². The molecule has 1 aromatic rings. The molecular weight excluding hydrogens is 240 g/mol. The van der Waals surface area contributed by atoms with Crippen LogP contribution < -0.4 is 4.74 Å². The van der Waals surface area contributed by atoms with Gasteiger partial charge in [-0.05, 0) is 30.5 Å². The number of hydrogen-bond acceptors (Lipinski definition) is 2. The van der Waals surface area contributed by atoms with Gasteiger partial charge in [-0.1, -0.05) is 26.3 Å². The van der Waals surface area contributed by atoms with Gasteiger partial charge in [0.05, 0.1) is 12.7 Å². The van der Waals surface area contributed by atoms with Crippen molar-refractivity contribution < 1.29 is 14.3 Å². The highest BCUT2D eigenvalue weighted by Crippen LogP contribution is 2.14. The van der Waals surface area contributed by atoms with Crippen LogP contribution in [0.5, 0.6) is 5.75 Å². The molecule has 0 fully saturated rings. The van der Waals surface area contributed by atoms with Crippen LogP contribution in [-0.2, 0) is 4.79 Å². The predicted molar refractivity (Wildman–Crippen MR) is 74.4 cm³/mol. The average Bonchev–Trinajstić information content (AvgIpc) is 2.39. The molecule has 4 heteroatoms. The van der Waals surface area contributed by atoms with Gasteiger partial charge in [0.1, 0.15) is 5.75 Å². The van der Waals surface area contributed by atoms with Crippen LogP contribution in [0.15, 0.2) is 24.3 Å². The predicted octanol–water partition coefficient (Wildman–Crippen LogP) is 3.11. The van der Waals surface area contributed by atoms with Gasteiger partial charge in [-0.2, -0.15) is 4.79 Å². The zero-order valence-corrected chi connectivity index (χ0v) is 11.7. The van der Waals surface area contributed by atoms with Crippen LogP contribution in [-0.4, -0.2) is 23.4 Å². The summed E-state index contributed by atoms with van der Waals surface area (Å²) in [6, 6.07) is 6.97. The molecule has 1 aromatic carbocycles. The quantitative estimate of drug-likeness (QED) is 0.429. The molecule has 0 aliphatic carbocycles. The summed E-state index contributed by atoms with van der Waals surface area (Å²) >= 11 is 0. The number of hydrogen-bond donors (Lipinski definition) is 0. The number of nitrogens with zero attached hydrogens (tertiary/aromatic N) is 2. The SMILES string of the molecule is COc1cccc(C(=[N+]=[N-])C(=O)CCCC(C)C)c1. The average molecular weight is 260 g/mol. The van der Waals surface area contributed by atoms with E-state index in [1.54, 1.807) is 31.4 Å². The second-order valence-electron chi connectivity index (χ2n) is 4.89. The molecule has 102 valence electrons. The molecule has 1 rings (SSSR count). The maximum Gasteiger partial charge on any atom is 0.365 e. The molecular formula is C15H20N2O2. The third-order valence-electron chi connectivity index (χ3n) is 2.89. The molecule has 0 bridgehead atoms. The summed E-state index contributed by atoms with van der Waals surface area (Å²) in [6.07, 6.45) is 2.19. The van der Waals surface area contributed by atoms with Gasteiger partial charge in [-0.25, -0.2) is 0 Å². The molecule has 0 heterocycles. The van der Waals surface area contributed by atoms with Crippen molar-refractivity contribution in [2.45, 2.75) is 33.1 Å². The van der Waals surface area contributed by atoms with Crippen molar-refractivity contribution in [2.24, 2.45) is 5.92 Å². The van der Waals surface area contributed by atoms with E-state index in [2.05, 4.69) is 18.6 Å². The number of methoxy groups -OCH3 is 1. The molecule has 0 aromatic heterocycles. The van der Waals surface area contributed by atoms with Crippen LogP contribution >= 0.6 is 0 Å². The first-order valence-corrected chi connectivity index (χ1v) is 6.48. The number of benzene rings is 1. The Morgan fingerprint density at radius 1 is 1.42 bits per heavy atom. The lowest BCUT2D eigenvalue weighted by Crippen LogP contribution is -2.16. The third-order valence-corrected chi connectivity index (χ3v) is 2.89. The van der Waals surface area contributed by atoms with E-state index in [9.17, 15) is 4.79 Å². The highest BCUT2D eigenvalue weighted by molar-refractivity contribution is 6.43. The Balaban J connectivity index is 2.77. The molecule has 0 aliphatic heterocycles. The zero-order valence-electron chi connectivity index (χ0n) is 11.7. The number of ketones is 1. The van der Waals surface area contributed by atoms with Gasteiger partial charge < -0.3 is 10.3 Å². The highest BCUT2D eigenvalue weighted by Gasteiger charge is 2.22. The molecule has 0 N–H and O–H groups in total. The van der Waals surface area contributed by atoms with Crippen LogP contribution in [0.1, 0.15) is 38.7 Å². The van der Waals surface area contributed by atoms with Crippen LogP contribution in [0.2, 0.25) is 0 Å². The minimum absolute atomic E-state index is 0.0997. The molecule has 19 heavy (non-hydrogen) atoms. The summed E-state index contributed by atoms with van der Waals surface area (Å²) in [5.41, 5.74) is 9.73. The standard InChI is InChI=1S/C15H20N2O2/c1-11(2)6-4-9-14(18)15(17-16)12-7-5-8-13(10-12)19-3/h5,7-8,10-11H,4,6,9H2,1-3H3. The Morgan fingerprint density at radius 3 is 2.74 bits per heavy atom. The molecule has 0 radical (unpaired) electrons. The van der Waals surface area contributed by atoms with E-state index < -0.39 is 0 Å². The first-order chi connectivity index (χ1) is 9.08. The number of carbonyl (C=O) groups excluding carboxylic acids is 1. The Kier molecular flexibility index (Phi) is 5.97. The van der Waals surface area contributed by atoms with E-state index in [-0.39, 0.29) is 11.5 Å². The number of ether oxygens (including phenoxy) is 1. The Hall–Kier alpha value is -1.93. The van der Waals surface area contributed by atoms with Crippen molar-refractivity contribution in [3.05, 3.63) is 35.4 Å². The molecule has 0 spiro atoms. The van der Waals surface area contributed by atoms with Crippen LogP contribution in [0.3, 0.4) is 0 Å². The molecule has 0 saturated carbocycles. The maximum absolute atomic E-state index is 12.0. The van der Waals surface area contributed by atoms with Gasteiger partial charge in [0.15, 0.2) is 0 Å². The number of rotatable bonds is 7. The van der Waals surface area contributed by atoms with E-state index in [0.29, 0.717) is 23.7 Å². The summed E-state index contributed by atoms with van der Waals surface area (Å²) in [6.45, 7) is 4.24. The van der Waals surface area contributed by atoms with Gasteiger partial charge >= 0.3 is 5.71 Å². The van der Waals surface area contributed by atoms with Crippen LogP contribution in [0.4, 0.5) is 0 Å². The first kappa shape index (κ1) is 15.1. The second kappa shape index (κ2) is 7.49. The summed E-state index contributed by atoms with van der Waals surface area (Å²) in [5, 5.41) is 0. The van der Waals surface area contributed by atoms with Crippen molar-refractivity contribution in [3.63, 3.8) is 0 Å². The van der Waals surface area contributed by atoms with Gasteiger partial charge in [0, 0.05) is 6.42 Å². The normalized spacial score (nSPS) is 10.1. The van der Waals surface area contributed by atoms with Crippen molar-refractivity contribution >= 4 is 11.5 Å². The molecule has 0 atom stereocenters. The van der Waals surface area contributed by atoms with E-state index in [1.165, 1.54) is 0 Å². The molecule has 0 amide bonds. The Morgan fingerprint density at radius 2 is 2.16 bits per heavy atom. The minimum Gasteiger partial charge on any atom is -0.497 e. The summed E-state index contributed by atoms with van der Waals surface area (Å²) in [7, 11) is 1.55. The largest absolute Gasteiger partial charge is 0.497 e. The third kappa shape index (κ3) is 4.68.